The molecule has 1 fully saturated rings. The number of nitrogens with zero attached hydrogens (tertiary/aromatic N) is 3. The molecule has 0 aliphatic carbocycles. The van der Waals surface area contributed by atoms with Crippen molar-refractivity contribution in [3.05, 3.63) is 52.9 Å². The summed E-state index contributed by atoms with van der Waals surface area (Å²) in [5.74, 6) is -1.83. The number of nitrogens with one attached hydrogen (secondary N) is 2. The van der Waals surface area contributed by atoms with Crippen molar-refractivity contribution in [2.24, 2.45) is 5.92 Å². The van der Waals surface area contributed by atoms with Crippen molar-refractivity contribution in [1.82, 2.24) is 14.8 Å². The number of methoxy groups -OCH3 is 1. The average molecular weight is 528 g/mol. The zero-order valence-electron chi connectivity index (χ0n) is 20.5. The molecule has 1 aromatic carbocycles. The zero-order valence-corrected chi connectivity index (χ0v) is 21.3. The monoisotopic (exact) mass is 527 g/mol. The van der Waals surface area contributed by atoms with Crippen molar-refractivity contribution in [3.8, 4) is 0 Å². The SMILES string of the molecule is COC(=O)c1ccc2oc(C(=O)Nc3ccc(Cl)cn3)c(NC(=O)C3CCN(C(=O)N(C)C)CC3)c2c1. The number of hydrogen-bond acceptors (Lipinski definition) is 7. The molecule has 3 heterocycles. The van der Waals surface area contributed by atoms with Gasteiger partial charge in [0.15, 0.2) is 0 Å². The van der Waals surface area contributed by atoms with Crippen molar-refractivity contribution in [2.45, 2.75) is 12.8 Å². The lowest BCUT2D eigenvalue weighted by atomic mass is 9.96. The van der Waals surface area contributed by atoms with E-state index in [1.807, 2.05) is 0 Å². The first kappa shape index (κ1) is 26.0. The maximum atomic E-state index is 13.2. The second-order valence-corrected chi connectivity index (χ2v) is 9.19. The molecule has 2 aromatic heterocycles. The molecule has 0 atom stereocenters. The minimum Gasteiger partial charge on any atom is -0.465 e. The molecule has 3 aromatic rings. The minimum atomic E-state index is -0.646. The number of pyridine rings is 1. The molecule has 1 saturated heterocycles. The molecule has 194 valence electrons. The number of benzene rings is 1. The van der Waals surface area contributed by atoms with Gasteiger partial charge in [-0.1, -0.05) is 11.6 Å². The lowest BCUT2D eigenvalue weighted by Gasteiger charge is -2.33. The number of likely N-dealkylation sites (tertiary alicyclic amines) is 1. The van der Waals surface area contributed by atoms with Crippen LogP contribution in [0.3, 0.4) is 0 Å². The molecular formula is C25H26ClN5O6. The van der Waals surface area contributed by atoms with Gasteiger partial charge in [0.25, 0.3) is 5.91 Å². The summed E-state index contributed by atoms with van der Waals surface area (Å²) in [7, 11) is 4.62. The standard InChI is InChI=1S/C25H26ClN5O6/c1-30(2)25(35)31-10-8-14(9-11-31)22(32)29-20-17-12-15(24(34)36-3)4-6-18(17)37-21(20)23(33)28-19-7-5-16(26)13-27-19/h4-7,12-14H,8-11H2,1-3H3,(H,29,32)(H,27,28,33). The summed E-state index contributed by atoms with van der Waals surface area (Å²) in [4.78, 5) is 58.0. The molecule has 12 heteroatoms. The van der Waals surface area contributed by atoms with E-state index in [1.165, 1.54) is 42.5 Å². The van der Waals surface area contributed by atoms with Crippen LogP contribution in [0.2, 0.25) is 5.02 Å². The summed E-state index contributed by atoms with van der Waals surface area (Å²) in [5, 5.41) is 6.22. The number of urea groups is 1. The highest BCUT2D eigenvalue weighted by molar-refractivity contribution is 6.30. The van der Waals surface area contributed by atoms with Crippen molar-refractivity contribution in [1.29, 1.82) is 0 Å². The summed E-state index contributed by atoms with van der Waals surface area (Å²) in [6.07, 6.45) is 2.31. The van der Waals surface area contributed by atoms with E-state index in [4.69, 9.17) is 20.8 Å². The van der Waals surface area contributed by atoms with Gasteiger partial charge < -0.3 is 29.6 Å². The first-order valence-corrected chi connectivity index (χ1v) is 11.9. The number of ether oxygens (including phenoxy) is 1. The minimum absolute atomic E-state index is 0.107. The predicted octanol–water partition coefficient (Wildman–Crippen LogP) is 3.85. The van der Waals surface area contributed by atoms with E-state index >= 15 is 0 Å². The number of fused-ring (bicyclic) bond motifs is 1. The summed E-state index contributed by atoms with van der Waals surface area (Å²) in [5.41, 5.74) is 0.653. The van der Waals surface area contributed by atoms with E-state index in [0.717, 1.165) is 0 Å². The summed E-state index contributed by atoms with van der Waals surface area (Å²) in [6.45, 7) is 0.868. The number of carbonyl (C=O) groups excluding carboxylic acids is 4. The summed E-state index contributed by atoms with van der Waals surface area (Å²) < 4.78 is 10.6. The maximum Gasteiger partial charge on any atom is 0.337 e. The zero-order chi connectivity index (χ0) is 26.7. The second-order valence-electron chi connectivity index (χ2n) is 8.75. The van der Waals surface area contributed by atoms with Gasteiger partial charge >= 0.3 is 12.0 Å². The van der Waals surface area contributed by atoms with E-state index in [2.05, 4.69) is 15.6 Å². The fourth-order valence-electron chi connectivity index (χ4n) is 4.09. The Balaban J connectivity index is 1.62. The number of anilines is 2. The number of carbonyl (C=O) groups is 4. The van der Waals surface area contributed by atoms with Crippen LogP contribution in [0.15, 0.2) is 40.9 Å². The summed E-state index contributed by atoms with van der Waals surface area (Å²) in [6, 6.07) is 7.52. The molecule has 37 heavy (non-hydrogen) atoms. The van der Waals surface area contributed by atoms with Gasteiger partial charge in [-0.25, -0.2) is 14.6 Å². The van der Waals surface area contributed by atoms with Crippen LogP contribution in [0, 0.1) is 5.92 Å². The van der Waals surface area contributed by atoms with E-state index in [-0.39, 0.29) is 40.7 Å². The van der Waals surface area contributed by atoms with Crippen LogP contribution in [0.1, 0.15) is 33.8 Å². The van der Waals surface area contributed by atoms with Crippen molar-refractivity contribution in [3.63, 3.8) is 0 Å². The predicted molar refractivity (Wildman–Crippen MR) is 137 cm³/mol. The van der Waals surface area contributed by atoms with Crippen molar-refractivity contribution >= 4 is 57.9 Å². The Morgan fingerprint density at radius 2 is 1.84 bits per heavy atom. The van der Waals surface area contributed by atoms with Crippen LogP contribution in [0.25, 0.3) is 11.0 Å². The fraction of sp³-hybridized carbons (Fsp3) is 0.320. The molecular weight excluding hydrogens is 502 g/mol. The first-order chi connectivity index (χ1) is 17.7. The van der Waals surface area contributed by atoms with Gasteiger partial charge in [0.2, 0.25) is 11.7 Å². The van der Waals surface area contributed by atoms with Crippen LogP contribution in [-0.2, 0) is 9.53 Å². The number of aromatic nitrogens is 1. The van der Waals surface area contributed by atoms with Crippen molar-refractivity contribution < 1.29 is 28.3 Å². The quantitative estimate of drug-likeness (QED) is 0.481. The van der Waals surface area contributed by atoms with Crippen LogP contribution in [0.5, 0.6) is 0 Å². The molecule has 0 bridgehead atoms. The van der Waals surface area contributed by atoms with E-state index in [9.17, 15) is 19.2 Å². The van der Waals surface area contributed by atoms with Crippen LogP contribution >= 0.6 is 11.6 Å². The van der Waals surface area contributed by atoms with Crippen molar-refractivity contribution in [2.75, 3.05) is 44.9 Å². The van der Waals surface area contributed by atoms with Gasteiger partial charge in [-0.05, 0) is 43.2 Å². The highest BCUT2D eigenvalue weighted by Gasteiger charge is 2.30. The number of halogens is 1. The third kappa shape index (κ3) is 5.67. The van der Waals surface area contributed by atoms with Crippen LogP contribution in [-0.4, -0.2) is 72.9 Å². The molecule has 2 N–H and O–H groups in total. The largest absolute Gasteiger partial charge is 0.465 e. The molecule has 4 amide bonds. The van der Waals surface area contributed by atoms with Gasteiger partial charge in [0, 0.05) is 44.7 Å². The molecule has 1 aliphatic rings. The molecule has 0 spiro atoms. The lowest BCUT2D eigenvalue weighted by Crippen LogP contribution is -2.45. The van der Waals surface area contributed by atoms with E-state index in [1.54, 1.807) is 25.1 Å². The topological polar surface area (TPSA) is 134 Å². The molecule has 0 radical (unpaired) electrons. The van der Waals surface area contributed by atoms with Gasteiger partial charge in [-0.2, -0.15) is 0 Å². The Hall–Kier alpha value is -4.12. The number of amides is 4. The van der Waals surface area contributed by atoms with Gasteiger partial charge in [-0.3, -0.25) is 9.59 Å². The molecule has 0 unspecified atom stereocenters. The second kappa shape index (κ2) is 10.9. The van der Waals surface area contributed by atoms with Gasteiger partial charge in [-0.15, -0.1) is 0 Å². The first-order valence-electron chi connectivity index (χ1n) is 11.5. The highest BCUT2D eigenvalue weighted by Crippen LogP contribution is 2.34. The normalized spacial score (nSPS) is 13.8. The number of furan rings is 1. The lowest BCUT2D eigenvalue weighted by molar-refractivity contribution is -0.121. The fourth-order valence-corrected chi connectivity index (χ4v) is 4.20. The van der Waals surface area contributed by atoms with Crippen LogP contribution in [0.4, 0.5) is 16.3 Å². The Kier molecular flexibility index (Phi) is 7.63. The highest BCUT2D eigenvalue weighted by atomic mass is 35.5. The smallest absolute Gasteiger partial charge is 0.337 e. The van der Waals surface area contributed by atoms with Gasteiger partial charge in [0.1, 0.15) is 17.1 Å². The Labute approximate surface area is 217 Å². The number of rotatable bonds is 5. The Morgan fingerprint density at radius 1 is 1.11 bits per heavy atom. The average Bonchev–Trinajstić information content (AvgIpc) is 3.26. The Morgan fingerprint density at radius 3 is 2.46 bits per heavy atom. The van der Waals surface area contributed by atoms with Gasteiger partial charge in [0.05, 0.1) is 17.7 Å². The number of hydrogen-bond donors (Lipinski definition) is 2. The summed E-state index contributed by atoms with van der Waals surface area (Å²) >= 11 is 5.87. The Bertz CT molecular complexity index is 1350. The molecule has 1 aliphatic heterocycles. The van der Waals surface area contributed by atoms with E-state index in [0.29, 0.717) is 41.9 Å². The number of piperidine rings is 1. The molecule has 11 nitrogen and oxygen atoms in total. The van der Waals surface area contributed by atoms with Crippen LogP contribution < -0.4 is 10.6 Å². The molecule has 0 saturated carbocycles. The maximum absolute atomic E-state index is 13.2. The third-order valence-corrected chi connectivity index (χ3v) is 6.27. The molecule has 4 rings (SSSR count). The third-order valence-electron chi connectivity index (χ3n) is 6.05. The number of esters is 1. The van der Waals surface area contributed by atoms with E-state index < -0.39 is 11.9 Å².